The molecule has 5 aromatic rings. The Balaban J connectivity index is 1.56. The quantitative estimate of drug-likeness (QED) is 0.403. The van der Waals surface area contributed by atoms with Crippen LogP contribution in [0.1, 0.15) is 23.7 Å². The number of ether oxygens (including phenoxy) is 1. The van der Waals surface area contributed by atoms with Crippen LogP contribution in [0.4, 0.5) is 0 Å². The molecule has 0 N–H and O–H groups in total. The Morgan fingerprint density at radius 1 is 1.12 bits per heavy atom. The summed E-state index contributed by atoms with van der Waals surface area (Å²) in [6.07, 6.45) is 4.67. The van der Waals surface area contributed by atoms with E-state index in [1.807, 2.05) is 48.7 Å². The van der Waals surface area contributed by atoms with E-state index in [2.05, 4.69) is 23.1 Å². The maximum Gasteiger partial charge on any atom is 0.295 e. The van der Waals surface area contributed by atoms with Gasteiger partial charge in [-0.25, -0.2) is 4.68 Å². The molecule has 0 amide bonds. The molecule has 1 aliphatic heterocycles. The number of para-hydroxylation sites is 1. The third kappa shape index (κ3) is 3.41. The van der Waals surface area contributed by atoms with Gasteiger partial charge in [0, 0.05) is 23.7 Å². The number of rotatable bonds is 3. The molecule has 0 bridgehead atoms. The molecule has 168 valence electrons. The molecule has 1 atom stereocenters. The van der Waals surface area contributed by atoms with Gasteiger partial charge in [-0.2, -0.15) is 19.7 Å². The molecule has 4 heterocycles. The average molecular weight is 470 g/mol. The molecule has 1 aliphatic rings. The van der Waals surface area contributed by atoms with Crippen LogP contribution in [0.5, 0.6) is 5.75 Å². The molecule has 0 saturated heterocycles. The fourth-order valence-corrected chi connectivity index (χ4v) is 5.02. The van der Waals surface area contributed by atoms with Gasteiger partial charge < -0.3 is 4.74 Å². The molecule has 9 heteroatoms. The molecule has 2 aromatic carbocycles. The van der Waals surface area contributed by atoms with E-state index in [1.165, 1.54) is 4.52 Å². The molecule has 34 heavy (non-hydrogen) atoms. The number of benzene rings is 2. The van der Waals surface area contributed by atoms with Crippen LogP contribution in [-0.2, 0) is 6.42 Å². The average Bonchev–Trinajstić information content (AvgIpc) is 3.50. The number of hydrogen-bond acceptors (Lipinski definition) is 7. The van der Waals surface area contributed by atoms with Gasteiger partial charge in [0.25, 0.3) is 11.1 Å². The van der Waals surface area contributed by atoms with Crippen molar-refractivity contribution in [1.82, 2.24) is 24.4 Å². The normalized spacial score (nSPS) is 15.6. The van der Waals surface area contributed by atoms with Gasteiger partial charge >= 0.3 is 0 Å². The van der Waals surface area contributed by atoms with Crippen LogP contribution >= 0.6 is 11.3 Å². The predicted molar refractivity (Wildman–Crippen MR) is 130 cm³/mol. The third-order valence-corrected chi connectivity index (χ3v) is 6.72. The number of thiazole rings is 1. The smallest absolute Gasteiger partial charge is 0.295 e. The molecule has 0 saturated carbocycles. The lowest BCUT2D eigenvalue weighted by Crippen LogP contribution is -2.27. The second kappa shape index (κ2) is 7.74. The van der Waals surface area contributed by atoms with E-state index in [4.69, 9.17) is 9.84 Å². The van der Waals surface area contributed by atoms with E-state index < -0.39 is 5.56 Å². The van der Waals surface area contributed by atoms with Crippen LogP contribution in [0.2, 0.25) is 0 Å². The van der Waals surface area contributed by atoms with Crippen molar-refractivity contribution < 1.29 is 4.74 Å². The van der Waals surface area contributed by atoms with Crippen molar-refractivity contribution >= 4 is 22.4 Å². The minimum Gasteiger partial charge on any atom is -0.490 e. The van der Waals surface area contributed by atoms with E-state index in [0.717, 1.165) is 51.6 Å². The van der Waals surface area contributed by atoms with Gasteiger partial charge in [-0.1, -0.05) is 29.5 Å². The van der Waals surface area contributed by atoms with Crippen molar-refractivity contribution in [3.05, 3.63) is 96.8 Å². The van der Waals surface area contributed by atoms with E-state index in [-0.39, 0.29) is 22.3 Å². The van der Waals surface area contributed by atoms with E-state index >= 15 is 0 Å². The van der Waals surface area contributed by atoms with Crippen LogP contribution in [0.25, 0.3) is 28.0 Å². The first kappa shape index (κ1) is 20.5. The van der Waals surface area contributed by atoms with Crippen LogP contribution in [0, 0.1) is 6.92 Å². The highest BCUT2D eigenvalue weighted by atomic mass is 32.1. The zero-order valence-corrected chi connectivity index (χ0v) is 19.2. The van der Waals surface area contributed by atoms with Crippen molar-refractivity contribution in [3.63, 3.8) is 0 Å². The van der Waals surface area contributed by atoms with Gasteiger partial charge in [-0.05, 0) is 55.8 Å². The monoisotopic (exact) mass is 469 g/mol. The summed E-state index contributed by atoms with van der Waals surface area (Å²) in [6.45, 7) is 3.59. The molecule has 6 rings (SSSR count). The summed E-state index contributed by atoms with van der Waals surface area (Å²) < 4.78 is 9.26. The van der Waals surface area contributed by atoms with Gasteiger partial charge in [0.2, 0.25) is 4.96 Å². The molecule has 0 aliphatic carbocycles. The van der Waals surface area contributed by atoms with Crippen LogP contribution in [0.3, 0.4) is 0 Å². The van der Waals surface area contributed by atoms with Gasteiger partial charge in [0.05, 0.1) is 10.2 Å². The highest BCUT2D eigenvalue weighted by Gasteiger charge is 2.21. The largest absolute Gasteiger partial charge is 0.490 e. The zero-order valence-electron chi connectivity index (χ0n) is 18.4. The Labute approximate surface area is 197 Å². The van der Waals surface area contributed by atoms with Gasteiger partial charge in [0.1, 0.15) is 23.2 Å². The SMILES string of the molecule is Cc1nn2c(=O)/c(=C/c3cn(-c4ccccc4)nc3-c3ccc4c(c3)C[C@@H](C)O4)sc2nc1=O. The van der Waals surface area contributed by atoms with Crippen molar-refractivity contribution in [3.8, 4) is 22.7 Å². The lowest BCUT2D eigenvalue weighted by atomic mass is 10.0. The van der Waals surface area contributed by atoms with E-state index in [9.17, 15) is 9.59 Å². The first-order valence-electron chi connectivity index (χ1n) is 10.8. The maximum atomic E-state index is 13.0. The molecule has 0 fully saturated rings. The molecular weight excluding hydrogens is 450 g/mol. The summed E-state index contributed by atoms with van der Waals surface area (Å²) in [5, 5.41) is 8.96. The molecule has 0 unspecified atom stereocenters. The predicted octanol–water partition coefficient (Wildman–Crippen LogP) is 2.54. The molecule has 8 nitrogen and oxygen atoms in total. The second-order valence-corrected chi connectivity index (χ2v) is 9.29. The highest BCUT2D eigenvalue weighted by molar-refractivity contribution is 7.15. The Hall–Kier alpha value is -4.11. The minimum atomic E-state index is -0.431. The zero-order chi connectivity index (χ0) is 23.4. The topological polar surface area (TPSA) is 91.4 Å². The molecule has 0 radical (unpaired) electrons. The lowest BCUT2D eigenvalue weighted by molar-refractivity contribution is 0.254. The summed E-state index contributed by atoms with van der Waals surface area (Å²) in [5.41, 5.74) is 3.95. The van der Waals surface area contributed by atoms with E-state index in [1.54, 1.807) is 17.7 Å². The Bertz CT molecular complexity index is 1740. The summed E-state index contributed by atoms with van der Waals surface area (Å²) in [5.74, 6) is 0.896. The van der Waals surface area contributed by atoms with Crippen molar-refractivity contribution in [2.45, 2.75) is 26.4 Å². The fourth-order valence-electron chi connectivity index (χ4n) is 4.13. The summed E-state index contributed by atoms with van der Waals surface area (Å²) in [7, 11) is 0. The maximum absolute atomic E-state index is 13.0. The molecule has 3 aromatic heterocycles. The first-order valence-corrected chi connectivity index (χ1v) is 11.7. The third-order valence-electron chi connectivity index (χ3n) is 5.76. The fraction of sp³-hybridized carbons (Fsp3) is 0.160. The number of aromatic nitrogens is 5. The van der Waals surface area contributed by atoms with Gasteiger partial charge in [-0.3, -0.25) is 9.59 Å². The Morgan fingerprint density at radius 2 is 1.94 bits per heavy atom. The summed E-state index contributed by atoms with van der Waals surface area (Å²) in [6, 6.07) is 15.9. The van der Waals surface area contributed by atoms with Crippen molar-refractivity contribution in [2.24, 2.45) is 0 Å². The number of aryl methyl sites for hydroxylation is 1. The minimum absolute atomic E-state index is 0.145. The number of fused-ring (bicyclic) bond motifs is 2. The van der Waals surface area contributed by atoms with Gasteiger partial charge in [-0.15, -0.1) is 0 Å². The van der Waals surface area contributed by atoms with Crippen molar-refractivity contribution in [2.75, 3.05) is 0 Å². The second-order valence-electron chi connectivity index (χ2n) is 8.28. The van der Waals surface area contributed by atoms with E-state index in [0.29, 0.717) is 4.53 Å². The van der Waals surface area contributed by atoms with Crippen LogP contribution in [-0.4, -0.2) is 30.5 Å². The van der Waals surface area contributed by atoms with Crippen LogP contribution < -0.4 is 20.4 Å². The lowest BCUT2D eigenvalue weighted by Gasteiger charge is -2.04. The summed E-state index contributed by atoms with van der Waals surface area (Å²) >= 11 is 1.14. The number of hydrogen-bond donors (Lipinski definition) is 0. The summed E-state index contributed by atoms with van der Waals surface area (Å²) in [4.78, 5) is 29.2. The molecule has 0 spiro atoms. The standard InChI is InChI=1S/C25H19N5O3S/c1-14-10-17-11-16(8-9-20(17)33-14)22-18(13-29(28-22)19-6-4-3-5-7-19)12-21-24(32)30-25(34-21)26-23(31)15(2)27-30/h3-9,11-14H,10H2,1-2H3/b21-12-/t14-/m1/s1. The number of nitrogens with zero attached hydrogens (tertiary/aromatic N) is 5. The highest BCUT2D eigenvalue weighted by Crippen LogP contribution is 2.34. The first-order chi connectivity index (χ1) is 16.5. The van der Waals surface area contributed by atoms with Gasteiger partial charge in [0.15, 0.2) is 0 Å². The molecular formula is C25H19N5O3S. The Morgan fingerprint density at radius 3 is 2.76 bits per heavy atom. The van der Waals surface area contributed by atoms with Crippen LogP contribution in [0.15, 0.2) is 64.3 Å². The van der Waals surface area contributed by atoms with Crippen molar-refractivity contribution in [1.29, 1.82) is 0 Å². The Kier molecular flexibility index (Phi) is 4.66.